The van der Waals surface area contributed by atoms with Crippen molar-refractivity contribution in [3.63, 3.8) is 0 Å². The van der Waals surface area contributed by atoms with Crippen LogP contribution in [0.2, 0.25) is 0 Å². The van der Waals surface area contributed by atoms with E-state index in [1.165, 1.54) is 24.3 Å². The number of carboxylic acid groups (broad SMARTS) is 2. The zero-order valence-electron chi connectivity index (χ0n) is 13.4. The number of aliphatic carboxylic acids is 2. The topological polar surface area (TPSA) is 138 Å². The number of aromatic hydroxyl groups is 1. The highest BCUT2D eigenvalue weighted by molar-refractivity contribution is 5.66. The molecule has 0 heterocycles. The molecule has 8 heteroatoms. The molecule has 0 amide bonds. The maximum Gasteiger partial charge on any atom is 0.310 e. The molecule has 0 bridgehead atoms. The number of hydrogen-bond acceptors (Lipinski definition) is 5. The van der Waals surface area contributed by atoms with E-state index in [0.717, 1.165) is 38.5 Å². The molecule has 0 fully saturated rings. The molecule has 1 aromatic rings. The second kappa shape index (κ2) is 12.9. The summed E-state index contributed by atoms with van der Waals surface area (Å²) in [5.74, 6) is -1.78. The zero-order chi connectivity index (χ0) is 18.4. The third-order valence-corrected chi connectivity index (χ3v) is 3.11. The number of carboxylic acids is 2. The second-order valence-electron chi connectivity index (χ2n) is 5.15. The van der Waals surface area contributed by atoms with Crippen molar-refractivity contribution in [2.24, 2.45) is 0 Å². The predicted molar refractivity (Wildman–Crippen MR) is 87.0 cm³/mol. The van der Waals surface area contributed by atoms with Crippen molar-refractivity contribution in [1.29, 1.82) is 0 Å². The molecule has 24 heavy (non-hydrogen) atoms. The highest BCUT2D eigenvalue weighted by Crippen LogP contribution is 2.23. The third-order valence-electron chi connectivity index (χ3n) is 3.11. The van der Waals surface area contributed by atoms with Gasteiger partial charge < -0.3 is 15.3 Å². The molecule has 0 atom stereocenters. The van der Waals surface area contributed by atoms with Gasteiger partial charge in [0, 0.05) is 18.9 Å². The van der Waals surface area contributed by atoms with Crippen LogP contribution in [0.25, 0.3) is 0 Å². The molecule has 0 unspecified atom stereocenters. The van der Waals surface area contributed by atoms with E-state index in [1.807, 2.05) is 0 Å². The van der Waals surface area contributed by atoms with Crippen molar-refractivity contribution in [3.8, 4) is 5.75 Å². The molecule has 0 saturated carbocycles. The summed E-state index contributed by atoms with van der Waals surface area (Å²) in [5, 5.41) is 35.6. The zero-order valence-corrected chi connectivity index (χ0v) is 13.4. The highest BCUT2D eigenvalue weighted by atomic mass is 16.6. The van der Waals surface area contributed by atoms with E-state index in [-0.39, 0.29) is 24.3 Å². The van der Waals surface area contributed by atoms with Gasteiger partial charge in [-0.1, -0.05) is 37.8 Å². The van der Waals surface area contributed by atoms with Crippen molar-refractivity contribution < 1.29 is 29.8 Å². The summed E-state index contributed by atoms with van der Waals surface area (Å²) in [4.78, 5) is 29.7. The first-order valence-corrected chi connectivity index (χ1v) is 7.70. The summed E-state index contributed by atoms with van der Waals surface area (Å²) in [6, 6.07) is 5.55. The van der Waals surface area contributed by atoms with Crippen LogP contribution in [-0.4, -0.2) is 32.2 Å². The van der Waals surface area contributed by atoms with Crippen LogP contribution in [-0.2, 0) is 9.59 Å². The monoisotopic (exact) mass is 341 g/mol. The Morgan fingerprint density at radius 3 is 1.62 bits per heavy atom. The van der Waals surface area contributed by atoms with E-state index in [4.69, 9.17) is 15.3 Å². The number of nitro benzene ring substituents is 1. The SMILES string of the molecule is O=C(O)CCCCCCCCC(=O)O.O=[N+]([O-])c1ccccc1O. The number of hydrogen-bond donors (Lipinski definition) is 3. The van der Waals surface area contributed by atoms with Crippen LogP contribution >= 0.6 is 0 Å². The molecule has 0 aromatic heterocycles. The van der Waals surface area contributed by atoms with Gasteiger partial charge in [0.25, 0.3) is 0 Å². The summed E-state index contributed by atoms with van der Waals surface area (Å²) >= 11 is 0. The van der Waals surface area contributed by atoms with Crippen molar-refractivity contribution in [2.75, 3.05) is 0 Å². The Balaban J connectivity index is 0.000000463. The number of benzene rings is 1. The van der Waals surface area contributed by atoms with Crippen LogP contribution < -0.4 is 0 Å². The molecule has 0 saturated heterocycles. The van der Waals surface area contributed by atoms with E-state index >= 15 is 0 Å². The van der Waals surface area contributed by atoms with E-state index < -0.39 is 16.9 Å². The number of rotatable bonds is 10. The Hall–Kier alpha value is -2.64. The molecular weight excluding hydrogens is 318 g/mol. The van der Waals surface area contributed by atoms with E-state index in [9.17, 15) is 19.7 Å². The number of nitrogens with zero attached hydrogens (tertiary/aromatic N) is 1. The van der Waals surface area contributed by atoms with Gasteiger partial charge in [-0.3, -0.25) is 19.7 Å². The van der Waals surface area contributed by atoms with Gasteiger partial charge >= 0.3 is 17.6 Å². The smallest absolute Gasteiger partial charge is 0.310 e. The molecule has 0 spiro atoms. The van der Waals surface area contributed by atoms with Crippen molar-refractivity contribution >= 4 is 17.6 Å². The average molecular weight is 341 g/mol. The number of phenolic OH excluding ortho intramolecular Hbond substituents is 1. The van der Waals surface area contributed by atoms with Gasteiger partial charge in [0.1, 0.15) is 0 Å². The number of phenols is 1. The van der Waals surface area contributed by atoms with Gasteiger partial charge in [0.2, 0.25) is 0 Å². The summed E-state index contributed by atoms with van der Waals surface area (Å²) in [7, 11) is 0. The van der Waals surface area contributed by atoms with Crippen molar-refractivity contribution in [1.82, 2.24) is 0 Å². The lowest BCUT2D eigenvalue weighted by atomic mass is 10.1. The average Bonchev–Trinajstić information content (AvgIpc) is 2.50. The Kier molecular flexibility index (Phi) is 11.4. The molecule has 8 nitrogen and oxygen atoms in total. The largest absolute Gasteiger partial charge is 0.502 e. The summed E-state index contributed by atoms with van der Waals surface area (Å²) in [6.07, 6.45) is 5.82. The van der Waals surface area contributed by atoms with Crippen LogP contribution in [0, 0.1) is 10.1 Å². The van der Waals surface area contributed by atoms with Crippen LogP contribution in [0.3, 0.4) is 0 Å². The second-order valence-corrected chi connectivity index (χ2v) is 5.15. The first-order valence-electron chi connectivity index (χ1n) is 7.70. The molecule has 3 N–H and O–H groups in total. The van der Waals surface area contributed by atoms with Gasteiger partial charge in [-0.15, -0.1) is 0 Å². The Morgan fingerprint density at radius 2 is 1.29 bits per heavy atom. The lowest BCUT2D eigenvalue weighted by Gasteiger charge is -1.98. The molecule has 0 aliphatic carbocycles. The highest BCUT2D eigenvalue weighted by Gasteiger charge is 2.09. The fraction of sp³-hybridized carbons (Fsp3) is 0.500. The lowest BCUT2D eigenvalue weighted by Crippen LogP contribution is -1.94. The fourth-order valence-corrected chi connectivity index (χ4v) is 1.88. The summed E-state index contributed by atoms with van der Waals surface area (Å²) in [5.41, 5.74) is -0.262. The molecular formula is C16H23NO7. The van der Waals surface area contributed by atoms with Crippen LogP contribution in [0.4, 0.5) is 5.69 Å². The third kappa shape index (κ3) is 12.0. The predicted octanol–water partition coefficient (Wildman–Crippen LogP) is 3.58. The van der Waals surface area contributed by atoms with Crippen LogP contribution in [0.1, 0.15) is 51.4 Å². The molecule has 134 valence electrons. The summed E-state index contributed by atoms with van der Waals surface area (Å²) in [6.45, 7) is 0. The molecule has 0 radical (unpaired) electrons. The normalized spacial score (nSPS) is 9.67. The fourth-order valence-electron chi connectivity index (χ4n) is 1.88. The molecule has 1 aromatic carbocycles. The number of unbranched alkanes of at least 4 members (excludes halogenated alkanes) is 5. The van der Waals surface area contributed by atoms with Crippen molar-refractivity contribution in [2.45, 2.75) is 51.4 Å². The molecule has 0 aliphatic heterocycles. The molecule has 0 aliphatic rings. The van der Waals surface area contributed by atoms with Crippen molar-refractivity contribution in [3.05, 3.63) is 34.4 Å². The minimum Gasteiger partial charge on any atom is -0.502 e. The van der Waals surface area contributed by atoms with Gasteiger partial charge in [-0.25, -0.2) is 0 Å². The minimum absolute atomic E-state index is 0.245. The number of para-hydroxylation sites is 2. The van der Waals surface area contributed by atoms with Crippen LogP contribution in [0.15, 0.2) is 24.3 Å². The first-order chi connectivity index (χ1) is 11.3. The van der Waals surface area contributed by atoms with Crippen LogP contribution in [0.5, 0.6) is 5.75 Å². The van der Waals surface area contributed by atoms with Gasteiger partial charge in [-0.2, -0.15) is 0 Å². The van der Waals surface area contributed by atoms with Gasteiger partial charge in [0.15, 0.2) is 5.75 Å². The summed E-state index contributed by atoms with van der Waals surface area (Å²) < 4.78 is 0. The Morgan fingerprint density at radius 1 is 0.875 bits per heavy atom. The number of carbonyl (C=O) groups is 2. The van der Waals surface area contributed by atoms with Gasteiger partial charge in [0.05, 0.1) is 4.92 Å². The Bertz CT molecular complexity index is 511. The Labute approximate surface area is 139 Å². The van der Waals surface area contributed by atoms with E-state index in [0.29, 0.717) is 0 Å². The van der Waals surface area contributed by atoms with E-state index in [2.05, 4.69) is 0 Å². The standard InChI is InChI=1S/C10H18O4.C6H5NO3/c11-9(12)7-5-3-1-2-4-6-8-10(13)14;8-6-4-2-1-3-5(6)7(9)10/h1-8H2,(H,11,12)(H,13,14);1-4,8H. The van der Waals surface area contributed by atoms with E-state index in [1.54, 1.807) is 0 Å². The van der Waals surface area contributed by atoms with Gasteiger partial charge in [-0.05, 0) is 18.9 Å². The lowest BCUT2D eigenvalue weighted by molar-refractivity contribution is -0.385. The minimum atomic E-state index is -0.740. The number of nitro groups is 1. The maximum absolute atomic E-state index is 10.1. The maximum atomic E-state index is 10.1. The first kappa shape index (κ1) is 21.4. The quantitative estimate of drug-likeness (QED) is 0.336. The molecule has 1 rings (SSSR count).